The lowest BCUT2D eigenvalue weighted by molar-refractivity contribution is 0.220. The second-order valence-corrected chi connectivity index (χ2v) is 8.33. The van der Waals surface area contributed by atoms with E-state index in [-0.39, 0.29) is 0 Å². The summed E-state index contributed by atoms with van der Waals surface area (Å²) in [5.41, 5.74) is 0. The molecule has 1 aliphatic rings. The topological polar surface area (TPSA) is 49.4 Å². The van der Waals surface area contributed by atoms with E-state index in [2.05, 4.69) is 16.7 Å². The Labute approximate surface area is 119 Å². The quantitative estimate of drug-likeness (QED) is 0.904. The van der Waals surface area contributed by atoms with Crippen LogP contribution in [0.5, 0.6) is 0 Å². The van der Waals surface area contributed by atoms with Crippen molar-refractivity contribution in [2.45, 2.75) is 30.4 Å². The molecule has 1 aliphatic heterocycles. The summed E-state index contributed by atoms with van der Waals surface area (Å²) in [5, 5.41) is 0. The number of likely N-dealkylation sites (tertiary alicyclic amines) is 1. The van der Waals surface area contributed by atoms with Crippen LogP contribution in [0.3, 0.4) is 0 Å². The van der Waals surface area contributed by atoms with Gasteiger partial charge in [-0.05, 0) is 57.5 Å². The highest BCUT2D eigenvalue weighted by molar-refractivity contribution is 7.91. The van der Waals surface area contributed by atoms with E-state index in [4.69, 9.17) is 0 Å². The van der Waals surface area contributed by atoms with Gasteiger partial charge in [0.1, 0.15) is 4.21 Å². The van der Waals surface area contributed by atoms with Gasteiger partial charge >= 0.3 is 0 Å². The molecule has 0 unspecified atom stereocenters. The van der Waals surface area contributed by atoms with Crippen molar-refractivity contribution in [1.29, 1.82) is 0 Å². The zero-order valence-corrected chi connectivity index (χ0v) is 13.2. The zero-order chi connectivity index (χ0) is 13.9. The van der Waals surface area contributed by atoms with E-state index in [0.29, 0.717) is 16.7 Å². The van der Waals surface area contributed by atoms with Gasteiger partial charge in [0.2, 0.25) is 10.0 Å². The number of hydrogen-bond donors (Lipinski definition) is 1. The standard InChI is InChI=1S/C13H22N2O2S2/c1-3-12-4-5-13(18-12)19(16,17)14-10-11-6-8-15(2)9-7-11/h4-5,11,14H,3,6-10H2,1-2H3. The van der Waals surface area contributed by atoms with Gasteiger partial charge in [0.05, 0.1) is 0 Å². The summed E-state index contributed by atoms with van der Waals surface area (Å²) in [7, 11) is -1.20. The normalized spacial score (nSPS) is 18.8. The molecule has 0 aromatic carbocycles. The molecule has 0 atom stereocenters. The van der Waals surface area contributed by atoms with Gasteiger partial charge in [0, 0.05) is 11.4 Å². The van der Waals surface area contributed by atoms with Gasteiger partial charge in [0.25, 0.3) is 0 Å². The third kappa shape index (κ3) is 4.02. The van der Waals surface area contributed by atoms with Crippen LogP contribution >= 0.6 is 11.3 Å². The minimum atomic E-state index is -3.31. The third-order valence-corrected chi connectivity index (χ3v) is 6.80. The molecule has 1 aromatic rings. The Bertz CT molecular complexity index is 502. The summed E-state index contributed by atoms with van der Waals surface area (Å²) in [6, 6.07) is 3.61. The maximum atomic E-state index is 12.2. The molecule has 1 aromatic heterocycles. The van der Waals surface area contributed by atoms with Crippen LogP contribution in [0, 0.1) is 5.92 Å². The summed E-state index contributed by atoms with van der Waals surface area (Å²) in [5.74, 6) is 0.469. The van der Waals surface area contributed by atoms with Crippen molar-refractivity contribution < 1.29 is 8.42 Å². The van der Waals surface area contributed by atoms with Crippen LogP contribution in [0.2, 0.25) is 0 Å². The summed E-state index contributed by atoms with van der Waals surface area (Å²) < 4.78 is 27.5. The highest BCUT2D eigenvalue weighted by Crippen LogP contribution is 2.22. The Hall–Kier alpha value is -0.430. The molecule has 4 nitrogen and oxygen atoms in total. The molecule has 6 heteroatoms. The zero-order valence-electron chi connectivity index (χ0n) is 11.6. The van der Waals surface area contributed by atoms with Crippen LogP contribution in [-0.2, 0) is 16.4 Å². The first-order chi connectivity index (χ1) is 9.01. The molecular weight excluding hydrogens is 280 g/mol. The molecule has 0 amide bonds. The summed E-state index contributed by atoms with van der Waals surface area (Å²) in [6.07, 6.45) is 3.03. The van der Waals surface area contributed by atoms with Crippen LogP contribution in [0.4, 0.5) is 0 Å². The van der Waals surface area contributed by atoms with Crippen molar-refractivity contribution in [1.82, 2.24) is 9.62 Å². The molecule has 2 rings (SSSR count). The highest BCUT2D eigenvalue weighted by atomic mass is 32.2. The van der Waals surface area contributed by atoms with Crippen molar-refractivity contribution in [3.63, 3.8) is 0 Å². The number of hydrogen-bond acceptors (Lipinski definition) is 4. The van der Waals surface area contributed by atoms with E-state index in [1.54, 1.807) is 6.07 Å². The van der Waals surface area contributed by atoms with Crippen molar-refractivity contribution >= 4 is 21.4 Å². The van der Waals surface area contributed by atoms with Gasteiger partial charge in [0.15, 0.2) is 0 Å². The fraction of sp³-hybridized carbons (Fsp3) is 0.692. The monoisotopic (exact) mass is 302 g/mol. The summed E-state index contributed by atoms with van der Waals surface area (Å²) >= 11 is 1.37. The Morgan fingerprint density at radius 1 is 1.37 bits per heavy atom. The largest absolute Gasteiger partial charge is 0.306 e. The van der Waals surface area contributed by atoms with Crippen LogP contribution in [0.25, 0.3) is 0 Å². The molecule has 108 valence electrons. The van der Waals surface area contributed by atoms with Crippen molar-refractivity contribution in [2.24, 2.45) is 5.92 Å². The molecule has 0 aliphatic carbocycles. The maximum absolute atomic E-state index is 12.2. The second-order valence-electron chi connectivity index (χ2n) is 5.17. The number of nitrogens with one attached hydrogen (secondary N) is 1. The predicted molar refractivity (Wildman–Crippen MR) is 79.1 cm³/mol. The van der Waals surface area contributed by atoms with Crippen LogP contribution in [-0.4, -0.2) is 40.0 Å². The fourth-order valence-electron chi connectivity index (χ4n) is 2.26. The average Bonchev–Trinajstić information content (AvgIpc) is 2.88. The van der Waals surface area contributed by atoms with E-state index in [0.717, 1.165) is 37.2 Å². The van der Waals surface area contributed by atoms with E-state index >= 15 is 0 Å². The number of piperidine rings is 1. The van der Waals surface area contributed by atoms with Crippen molar-refractivity contribution in [3.8, 4) is 0 Å². The fourth-order valence-corrected chi connectivity index (χ4v) is 4.71. The number of nitrogens with zero attached hydrogens (tertiary/aromatic N) is 1. The Kier molecular flexibility index (Phi) is 5.00. The number of aryl methyl sites for hydroxylation is 1. The van der Waals surface area contributed by atoms with Gasteiger partial charge in [-0.3, -0.25) is 0 Å². The molecule has 0 saturated carbocycles. The molecule has 0 radical (unpaired) electrons. The number of sulfonamides is 1. The molecule has 1 saturated heterocycles. The van der Waals surface area contributed by atoms with Gasteiger partial charge in [-0.1, -0.05) is 6.92 Å². The molecular formula is C13H22N2O2S2. The predicted octanol–water partition coefficient (Wildman–Crippen LogP) is 1.93. The molecule has 0 bridgehead atoms. The van der Waals surface area contributed by atoms with Gasteiger partial charge < -0.3 is 4.90 Å². The summed E-state index contributed by atoms with van der Waals surface area (Å²) in [4.78, 5) is 3.40. The molecule has 2 heterocycles. The lowest BCUT2D eigenvalue weighted by atomic mass is 9.98. The Morgan fingerprint density at radius 3 is 2.63 bits per heavy atom. The van der Waals surface area contributed by atoms with Crippen molar-refractivity contribution in [3.05, 3.63) is 17.0 Å². The van der Waals surface area contributed by atoms with Crippen LogP contribution in [0.1, 0.15) is 24.6 Å². The van der Waals surface area contributed by atoms with Gasteiger partial charge in [-0.15, -0.1) is 11.3 Å². The van der Waals surface area contributed by atoms with Crippen LogP contribution < -0.4 is 4.72 Å². The Balaban J connectivity index is 1.90. The van der Waals surface area contributed by atoms with E-state index in [1.165, 1.54) is 11.3 Å². The van der Waals surface area contributed by atoms with E-state index < -0.39 is 10.0 Å². The SMILES string of the molecule is CCc1ccc(S(=O)(=O)NCC2CCN(C)CC2)s1. The lowest BCUT2D eigenvalue weighted by Gasteiger charge is -2.28. The van der Waals surface area contributed by atoms with Gasteiger partial charge in [-0.25, -0.2) is 13.1 Å². The Morgan fingerprint density at radius 2 is 2.05 bits per heavy atom. The minimum Gasteiger partial charge on any atom is -0.306 e. The first kappa shape index (κ1) is 15.0. The molecule has 19 heavy (non-hydrogen) atoms. The molecule has 0 spiro atoms. The smallest absolute Gasteiger partial charge is 0.250 e. The first-order valence-corrected chi connectivity index (χ1v) is 9.08. The third-order valence-electron chi connectivity index (χ3n) is 3.65. The first-order valence-electron chi connectivity index (χ1n) is 6.78. The van der Waals surface area contributed by atoms with E-state index in [9.17, 15) is 8.42 Å². The minimum absolute atomic E-state index is 0.442. The van der Waals surface area contributed by atoms with E-state index in [1.807, 2.05) is 13.0 Å². The second kappa shape index (κ2) is 6.35. The van der Waals surface area contributed by atoms with Crippen molar-refractivity contribution in [2.75, 3.05) is 26.7 Å². The summed E-state index contributed by atoms with van der Waals surface area (Å²) in [6.45, 7) is 4.72. The number of rotatable bonds is 5. The molecule has 1 N–H and O–H groups in total. The van der Waals surface area contributed by atoms with Gasteiger partial charge in [-0.2, -0.15) is 0 Å². The maximum Gasteiger partial charge on any atom is 0.250 e. The molecule has 1 fully saturated rings. The highest BCUT2D eigenvalue weighted by Gasteiger charge is 2.21. The lowest BCUT2D eigenvalue weighted by Crippen LogP contribution is -2.36. The average molecular weight is 302 g/mol. The number of thiophene rings is 1. The van der Waals surface area contributed by atoms with Crippen LogP contribution in [0.15, 0.2) is 16.3 Å².